The van der Waals surface area contributed by atoms with Crippen LogP contribution >= 0.6 is 11.3 Å². The highest BCUT2D eigenvalue weighted by atomic mass is 32.1. The van der Waals surface area contributed by atoms with Crippen LogP contribution in [0.2, 0.25) is 0 Å². The second-order valence-corrected chi connectivity index (χ2v) is 5.22. The predicted molar refractivity (Wildman–Crippen MR) is 69.3 cm³/mol. The second-order valence-electron chi connectivity index (χ2n) is 4.19. The molecule has 5 heteroatoms. The Morgan fingerprint density at radius 2 is 2.12 bits per heavy atom. The SMILES string of the molecule is Cc1nc(N)sc1-c1cc(C(C)C)oc(=O)c1. The van der Waals surface area contributed by atoms with Gasteiger partial charge in [0.2, 0.25) is 0 Å². The summed E-state index contributed by atoms with van der Waals surface area (Å²) in [6, 6.07) is 3.36. The van der Waals surface area contributed by atoms with E-state index >= 15 is 0 Å². The summed E-state index contributed by atoms with van der Waals surface area (Å²) in [4.78, 5) is 16.6. The Morgan fingerprint density at radius 3 is 2.65 bits per heavy atom. The van der Waals surface area contributed by atoms with E-state index in [4.69, 9.17) is 10.2 Å². The molecule has 0 aliphatic heterocycles. The fourth-order valence-corrected chi connectivity index (χ4v) is 2.42. The van der Waals surface area contributed by atoms with Crippen molar-refractivity contribution in [3.63, 3.8) is 0 Å². The van der Waals surface area contributed by atoms with Crippen molar-refractivity contribution in [1.82, 2.24) is 4.98 Å². The Hall–Kier alpha value is -1.62. The van der Waals surface area contributed by atoms with Crippen LogP contribution in [0.4, 0.5) is 5.13 Å². The van der Waals surface area contributed by atoms with Crippen molar-refractivity contribution in [2.75, 3.05) is 5.73 Å². The van der Waals surface area contributed by atoms with Crippen LogP contribution in [-0.4, -0.2) is 4.98 Å². The van der Waals surface area contributed by atoms with E-state index in [1.54, 1.807) is 0 Å². The Kier molecular flexibility index (Phi) is 3.02. The third-order valence-electron chi connectivity index (χ3n) is 2.43. The Labute approximate surface area is 103 Å². The molecule has 0 bridgehead atoms. The van der Waals surface area contributed by atoms with Crippen molar-refractivity contribution in [3.05, 3.63) is 34.0 Å². The molecule has 17 heavy (non-hydrogen) atoms. The highest BCUT2D eigenvalue weighted by molar-refractivity contribution is 7.18. The number of hydrogen-bond acceptors (Lipinski definition) is 5. The molecule has 2 rings (SSSR count). The lowest BCUT2D eigenvalue weighted by atomic mass is 10.1. The quantitative estimate of drug-likeness (QED) is 0.889. The molecule has 2 heterocycles. The van der Waals surface area contributed by atoms with E-state index in [0.717, 1.165) is 16.1 Å². The van der Waals surface area contributed by atoms with Crippen LogP contribution in [0, 0.1) is 6.92 Å². The summed E-state index contributed by atoms with van der Waals surface area (Å²) in [5.74, 6) is 0.854. The molecule has 2 aromatic heterocycles. The molecule has 0 radical (unpaired) electrons. The van der Waals surface area contributed by atoms with Gasteiger partial charge in [0.15, 0.2) is 5.13 Å². The van der Waals surface area contributed by atoms with Gasteiger partial charge in [0.25, 0.3) is 0 Å². The van der Waals surface area contributed by atoms with E-state index in [1.807, 2.05) is 26.8 Å². The standard InChI is InChI=1S/C12H14N2O2S/c1-6(2)9-4-8(5-10(15)16-9)11-7(3)14-12(13)17-11/h4-6H,1-3H3,(H2,13,14). The molecule has 0 unspecified atom stereocenters. The summed E-state index contributed by atoms with van der Waals surface area (Å²) in [5.41, 5.74) is 6.99. The molecule has 2 N–H and O–H groups in total. The van der Waals surface area contributed by atoms with Crippen LogP contribution in [0.15, 0.2) is 21.3 Å². The molecule has 0 saturated carbocycles. The monoisotopic (exact) mass is 250 g/mol. The minimum Gasteiger partial charge on any atom is -0.428 e. The van der Waals surface area contributed by atoms with E-state index < -0.39 is 0 Å². The Bertz CT molecular complexity index is 599. The van der Waals surface area contributed by atoms with Crippen LogP contribution in [0.25, 0.3) is 10.4 Å². The first-order chi connectivity index (χ1) is 7.97. The fraction of sp³-hybridized carbons (Fsp3) is 0.333. The number of aryl methyl sites for hydroxylation is 1. The molecule has 0 fully saturated rings. The largest absolute Gasteiger partial charge is 0.428 e. The van der Waals surface area contributed by atoms with Gasteiger partial charge in [-0.05, 0) is 13.0 Å². The maximum Gasteiger partial charge on any atom is 0.336 e. The number of aromatic nitrogens is 1. The highest BCUT2D eigenvalue weighted by Crippen LogP contribution is 2.31. The predicted octanol–water partition coefficient (Wildman–Crippen LogP) is 2.78. The minimum absolute atomic E-state index is 0.174. The molecule has 2 aromatic rings. The molecular formula is C12H14N2O2S. The van der Waals surface area contributed by atoms with Crippen LogP contribution in [0.3, 0.4) is 0 Å². The number of nitrogens with zero attached hydrogens (tertiary/aromatic N) is 1. The zero-order chi connectivity index (χ0) is 12.6. The molecule has 90 valence electrons. The van der Waals surface area contributed by atoms with E-state index in [0.29, 0.717) is 10.9 Å². The highest BCUT2D eigenvalue weighted by Gasteiger charge is 2.12. The zero-order valence-electron chi connectivity index (χ0n) is 9.98. The molecule has 4 nitrogen and oxygen atoms in total. The van der Waals surface area contributed by atoms with E-state index in [1.165, 1.54) is 17.4 Å². The average Bonchev–Trinajstić information content (AvgIpc) is 2.57. The molecule has 0 saturated heterocycles. The summed E-state index contributed by atoms with van der Waals surface area (Å²) in [6.07, 6.45) is 0. The number of anilines is 1. The van der Waals surface area contributed by atoms with E-state index in [-0.39, 0.29) is 11.5 Å². The lowest BCUT2D eigenvalue weighted by molar-refractivity contribution is 0.441. The number of nitrogens with two attached hydrogens (primary N) is 1. The zero-order valence-corrected chi connectivity index (χ0v) is 10.8. The smallest absolute Gasteiger partial charge is 0.336 e. The normalized spacial score (nSPS) is 11.1. The maximum atomic E-state index is 11.5. The third-order valence-corrected chi connectivity index (χ3v) is 3.47. The first kappa shape index (κ1) is 11.9. The average molecular weight is 250 g/mol. The van der Waals surface area contributed by atoms with Gasteiger partial charge in [-0.2, -0.15) is 0 Å². The van der Waals surface area contributed by atoms with Gasteiger partial charge >= 0.3 is 5.63 Å². The fourth-order valence-electron chi connectivity index (χ4n) is 1.60. The second kappa shape index (κ2) is 4.33. The molecule has 0 aromatic carbocycles. The van der Waals surface area contributed by atoms with Crippen LogP contribution in [-0.2, 0) is 0 Å². The van der Waals surface area contributed by atoms with Crippen LogP contribution < -0.4 is 11.4 Å². The van der Waals surface area contributed by atoms with Gasteiger partial charge < -0.3 is 10.2 Å². The number of hydrogen-bond donors (Lipinski definition) is 1. The molecule has 0 amide bonds. The maximum absolute atomic E-state index is 11.5. The van der Waals surface area contributed by atoms with Gasteiger partial charge in [0.05, 0.1) is 10.6 Å². The molecule has 0 aliphatic carbocycles. The van der Waals surface area contributed by atoms with Gasteiger partial charge in [-0.1, -0.05) is 25.2 Å². The van der Waals surface area contributed by atoms with E-state index in [2.05, 4.69) is 4.98 Å². The lowest BCUT2D eigenvalue weighted by Crippen LogP contribution is -2.01. The van der Waals surface area contributed by atoms with Crippen molar-refractivity contribution >= 4 is 16.5 Å². The van der Waals surface area contributed by atoms with Crippen molar-refractivity contribution in [3.8, 4) is 10.4 Å². The van der Waals surface area contributed by atoms with Crippen molar-refractivity contribution in [2.24, 2.45) is 0 Å². The molecule has 0 spiro atoms. The molecule has 0 atom stereocenters. The topological polar surface area (TPSA) is 69.1 Å². The molecule has 0 aliphatic rings. The summed E-state index contributed by atoms with van der Waals surface area (Å²) in [7, 11) is 0. The number of rotatable bonds is 2. The third kappa shape index (κ3) is 2.39. The summed E-state index contributed by atoms with van der Waals surface area (Å²) in [6.45, 7) is 5.84. The van der Waals surface area contributed by atoms with E-state index in [9.17, 15) is 4.79 Å². The first-order valence-corrected chi connectivity index (χ1v) is 6.17. The van der Waals surface area contributed by atoms with Crippen molar-refractivity contribution in [1.29, 1.82) is 0 Å². The van der Waals surface area contributed by atoms with Crippen molar-refractivity contribution in [2.45, 2.75) is 26.7 Å². The summed E-state index contributed by atoms with van der Waals surface area (Å²) < 4.78 is 5.14. The minimum atomic E-state index is -0.336. The van der Waals surface area contributed by atoms with Crippen LogP contribution in [0.5, 0.6) is 0 Å². The Balaban J connectivity index is 2.60. The first-order valence-electron chi connectivity index (χ1n) is 5.35. The summed E-state index contributed by atoms with van der Waals surface area (Å²) in [5, 5.41) is 0.511. The number of nitrogen functional groups attached to an aromatic ring is 1. The van der Waals surface area contributed by atoms with Gasteiger partial charge in [0.1, 0.15) is 5.76 Å². The van der Waals surface area contributed by atoms with Gasteiger partial charge in [-0.25, -0.2) is 9.78 Å². The van der Waals surface area contributed by atoms with Gasteiger partial charge in [0, 0.05) is 17.5 Å². The lowest BCUT2D eigenvalue weighted by Gasteiger charge is -2.05. The molecular weight excluding hydrogens is 236 g/mol. The van der Waals surface area contributed by atoms with Crippen LogP contribution in [0.1, 0.15) is 31.2 Å². The number of thiazole rings is 1. The van der Waals surface area contributed by atoms with Crippen molar-refractivity contribution < 1.29 is 4.42 Å². The van der Waals surface area contributed by atoms with Gasteiger partial charge in [-0.15, -0.1) is 0 Å². The van der Waals surface area contributed by atoms with Gasteiger partial charge in [-0.3, -0.25) is 0 Å². The summed E-state index contributed by atoms with van der Waals surface area (Å²) >= 11 is 1.38. The Morgan fingerprint density at radius 1 is 1.41 bits per heavy atom.